The lowest BCUT2D eigenvalue weighted by Crippen LogP contribution is -2.55. The van der Waals surface area contributed by atoms with E-state index in [-0.39, 0.29) is 42.3 Å². The number of nitrogens with one attached hydrogen (secondary N) is 1. The summed E-state index contributed by atoms with van der Waals surface area (Å²) in [6.45, 7) is 7.30. The van der Waals surface area contributed by atoms with Crippen LogP contribution in [0.15, 0.2) is 17.5 Å². The van der Waals surface area contributed by atoms with Crippen LogP contribution >= 0.6 is 22.9 Å². The van der Waals surface area contributed by atoms with E-state index in [9.17, 15) is 22.8 Å². The van der Waals surface area contributed by atoms with Gasteiger partial charge in [-0.1, -0.05) is 25.4 Å². The number of piperidine rings is 1. The maximum Gasteiger partial charge on any atom is 0.242 e. The molecule has 3 aliphatic rings. The zero-order valence-corrected chi connectivity index (χ0v) is 25.8. The third-order valence-electron chi connectivity index (χ3n) is 7.97. The highest BCUT2D eigenvalue weighted by atomic mass is 35.5. The molecule has 1 aromatic rings. The number of rotatable bonds is 10. The van der Waals surface area contributed by atoms with E-state index >= 15 is 0 Å². The van der Waals surface area contributed by atoms with Gasteiger partial charge in [0.2, 0.25) is 27.7 Å². The molecule has 1 aromatic heterocycles. The lowest BCUT2D eigenvalue weighted by molar-refractivity contribution is -0.143. The average molecular weight is 614 g/mol. The van der Waals surface area contributed by atoms with E-state index in [0.29, 0.717) is 35.1 Å². The van der Waals surface area contributed by atoms with Crippen LogP contribution in [0.5, 0.6) is 0 Å². The van der Waals surface area contributed by atoms with Crippen LogP contribution < -0.4 is 4.72 Å². The number of thiophene rings is 1. The molecule has 0 bridgehead atoms. The Morgan fingerprint density at radius 1 is 1.18 bits per heavy atom. The summed E-state index contributed by atoms with van der Waals surface area (Å²) in [6.07, 6.45) is 5.19. The number of sulfonamides is 1. The van der Waals surface area contributed by atoms with Gasteiger partial charge in [0.05, 0.1) is 10.9 Å². The minimum Gasteiger partial charge on any atom is -0.341 e. The molecule has 3 atom stereocenters. The first-order chi connectivity index (χ1) is 18.9. The molecule has 3 aliphatic heterocycles. The lowest BCUT2D eigenvalue weighted by atomic mass is 10.1. The molecule has 13 heteroatoms. The molecule has 3 unspecified atom stereocenters. The van der Waals surface area contributed by atoms with E-state index in [2.05, 4.69) is 9.62 Å². The van der Waals surface area contributed by atoms with Gasteiger partial charge in [-0.3, -0.25) is 19.3 Å². The van der Waals surface area contributed by atoms with Crippen molar-refractivity contribution in [3.05, 3.63) is 26.8 Å². The first-order valence-corrected chi connectivity index (χ1v) is 16.7. The van der Waals surface area contributed by atoms with E-state index in [0.717, 1.165) is 44.3 Å². The number of carbonyl (C=O) groups excluding carboxylic acids is 3. The molecular weight excluding hydrogens is 574 g/mol. The molecule has 0 spiro atoms. The standard InChI is InChI=1S/C27H40ClN5O5S2/c1-19(2)26(35)30(3)20-10-14-31(16-20)17-21-6-4-13-33(21)25(34)18-32-12-5-7-23(27(32)36)29-40(37,38)15-11-22-8-9-24(28)39-22/h8-9,11,15,19-21,23,29H,4-7,10,12-14,16-18H2,1-3H3/b15-11+. The van der Waals surface area contributed by atoms with Crippen molar-refractivity contribution in [2.24, 2.45) is 5.92 Å². The molecule has 0 aromatic carbocycles. The normalized spacial score (nSPS) is 24.5. The Hall–Kier alpha value is -1.99. The molecule has 40 heavy (non-hydrogen) atoms. The fourth-order valence-electron chi connectivity index (χ4n) is 5.81. The van der Waals surface area contributed by atoms with Gasteiger partial charge in [0.25, 0.3) is 0 Å². The Bertz CT molecular complexity index is 1220. The second-order valence-electron chi connectivity index (χ2n) is 11.3. The van der Waals surface area contributed by atoms with Crippen LogP contribution in [-0.4, -0.2) is 110 Å². The number of likely N-dealkylation sites (N-methyl/N-ethyl adjacent to an activating group) is 1. The van der Waals surface area contributed by atoms with Gasteiger partial charge in [0.15, 0.2) is 0 Å². The van der Waals surface area contributed by atoms with Gasteiger partial charge in [-0.2, -0.15) is 4.72 Å². The van der Waals surface area contributed by atoms with Crippen molar-refractivity contribution in [1.82, 2.24) is 24.3 Å². The number of nitrogens with zero attached hydrogens (tertiary/aromatic N) is 4. The maximum atomic E-state index is 13.3. The van der Waals surface area contributed by atoms with Gasteiger partial charge in [0.1, 0.15) is 6.04 Å². The Morgan fingerprint density at radius 3 is 2.62 bits per heavy atom. The second kappa shape index (κ2) is 13.3. The van der Waals surface area contributed by atoms with E-state index in [1.54, 1.807) is 12.1 Å². The minimum absolute atomic E-state index is 0.0308. The molecule has 0 saturated carbocycles. The summed E-state index contributed by atoms with van der Waals surface area (Å²) in [5, 5.41) is 1.04. The number of halogens is 1. The maximum absolute atomic E-state index is 13.3. The summed E-state index contributed by atoms with van der Waals surface area (Å²) in [5.74, 6) is -0.347. The van der Waals surface area contributed by atoms with Crippen molar-refractivity contribution in [2.75, 3.05) is 46.3 Å². The second-order valence-corrected chi connectivity index (χ2v) is 14.6. The molecule has 10 nitrogen and oxygen atoms in total. The highest BCUT2D eigenvalue weighted by molar-refractivity contribution is 7.92. The van der Waals surface area contributed by atoms with E-state index in [4.69, 9.17) is 11.6 Å². The highest BCUT2D eigenvalue weighted by Gasteiger charge is 2.37. The molecule has 3 saturated heterocycles. The van der Waals surface area contributed by atoms with Crippen molar-refractivity contribution in [1.29, 1.82) is 0 Å². The quantitative estimate of drug-likeness (QED) is 0.434. The van der Waals surface area contributed by atoms with Crippen LogP contribution in [0.3, 0.4) is 0 Å². The first kappa shape index (κ1) is 31.0. The summed E-state index contributed by atoms with van der Waals surface area (Å²) in [5.41, 5.74) is 0. The van der Waals surface area contributed by atoms with Gasteiger partial charge in [0, 0.05) is 68.1 Å². The smallest absolute Gasteiger partial charge is 0.242 e. The third kappa shape index (κ3) is 7.84. The van der Waals surface area contributed by atoms with Crippen molar-refractivity contribution >= 4 is 56.8 Å². The summed E-state index contributed by atoms with van der Waals surface area (Å²) < 4.78 is 28.3. The van der Waals surface area contributed by atoms with E-state index < -0.39 is 16.1 Å². The van der Waals surface area contributed by atoms with Gasteiger partial charge in [-0.15, -0.1) is 11.3 Å². The fraction of sp³-hybridized carbons (Fsp3) is 0.667. The Kier molecular flexibility index (Phi) is 10.3. The summed E-state index contributed by atoms with van der Waals surface area (Å²) in [4.78, 5) is 47.1. The van der Waals surface area contributed by atoms with E-state index in [1.807, 2.05) is 30.7 Å². The SMILES string of the molecule is CC(C)C(=O)N(C)C1CCN(CC2CCCN2C(=O)CN2CCCC(NS(=O)(=O)/C=C/c3ccc(Cl)s3)C2=O)C1. The topological polar surface area (TPSA) is 110 Å². The predicted molar refractivity (Wildman–Crippen MR) is 157 cm³/mol. The molecule has 4 heterocycles. The Balaban J connectivity index is 1.29. The van der Waals surface area contributed by atoms with Gasteiger partial charge >= 0.3 is 0 Å². The van der Waals surface area contributed by atoms with Crippen LogP contribution in [0, 0.1) is 5.92 Å². The van der Waals surface area contributed by atoms with E-state index in [1.165, 1.54) is 22.3 Å². The third-order valence-corrected chi connectivity index (χ3v) is 10.3. The molecule has 1 N–H and O–H groups in total. The lowest BCUT2D eigenvalue weighted by Gasteiger charge is -2.34. The van der Waals surface area contributed by atoms with Crippen LogP contribution in [0.2, 0.25) is 4.34 Å². The number of likely N-dealkylation sites (tertiary alicyclic amines) is 3. The molecule has 3 fully saturated rings. The number of carbonyl (C=O) groups is 3. The van der Waals surface area contributed by atoms with Crippen LogP contribution in [-0.2, 0) is 24.4 Å². The van der Waals surface area contributed by atoms with Gasteiger partial charge in [-0.25, -0.2) is 8.42 Å². The molecule has 0 radical (unpaired) electrons. The zero-order valence-electron chi connectivity index (χ0n) is 23.4. The van der Waals surface area contributed by atoms with Crippen LogP contribution in [0.1, 0.15) is 50.8 Å². The van der Waals surface area contributed by atoms with Crippen LogP contribution in [0.4, 0.5) is 0 Å². The first-order valence-electron chi connectivity index (χ1n) is 14.0. The summed E-state index contributed by atoms with van der Waals surface area (Å²) >= 11 is 7.16. The van der Waals surface area contributed by atoms with Gasteiger partial charge < -0.3 is 14.7 Å². The highest BCUT2D eigenvalue weighted by Crippen LogP contribution is 2.24. The molecule has 0 aliphatic carbocycles. The number of amides is 3. The van der Waals surface area contributed by atoms with Crippen LogP contribution in [0.25, 0.3) is 6.08 Å². The molecule has 222 valence electrons. The van der Waals surface area contributed by atoms with Crippen molar-refractivity contribution < 1.29 is 22.8 Å². The largest absolute Gasteiger partial charge is 0.341 e. The Morgan fingerprint density at radius 2 is 1.93 bits per heavy atom. The van der Waals surface area contributed by atoms with Gasteiger partial charge in [-0.05, 0) is 50.3 Å². The number of hydrogen-bond donors (Lipinski definition) is 1. The average Bonchev–Trinajstić information content (AvgIpc) is 3.66. The molecular formula is C27H40ClN5O5S2. The fourth-order valence-corrected chi connectivity index (χ4v) is 7.88. The Labute approximate surface area is 246 Å². The molecule has 3 amide bonds. The zero-order chi connectivity index (χ0) is 29.0. The monoisotopic (exact) mass is 613 g/mol. The van der Waals surface area contributed by atoms with Crippen molar-refractivity contribution in [3.63, 3.8) is 0 Å². The summed E-state index contributed by atoms with van der Waals surface area (Å²) in [6, 6.07) is 2.77. The predicted octanol–water partition coefficient (Wildman–Crippen LogP) is 2.46. The number of hydrogen-bond acceptors (Lipinski definition) is 7. The summed E-state index contributed by atoms with van der Waals surface area (Å²) in [7, 11) is -1.98. The molecule has 4 rings (SSSR count). The van der Waals surface area contributed by atoms with Crippen molar-refractivity contribution in [2.45, 2.75) is 64.1 Å². The minimum atomic E-state index is -3.85. The van der Waals surface area contributed by atoms with Crippen molar-refractivity contribution in [3.8, 4) is 0 Å².